The average Bonchev–Trinajstić information content (AvgIpc) is 2.70. The molecule has 0 N–H and O–H groups in total. The van der Waals surface area contributed by atoms with Gasteiger partial charge >= 0.3 is 0 Å². The molecule has 0 saturated heterocycles. The van der Waals surface area contributed by atoms with Gasteiger partial charge in [-0.15, -0.1) is 0 Å². The largest absolute Gasteiger partial charge is 0.0990 e. The van der Waals surface area contributed by atoms with Crippen LogP contribution in [0.5, 0.6) is 0 Å². The molecular weight excluding hydrogens is 288 g/mol. The predicted octanol–water partition coefficient (Wildman–Crippen LogP) is 9.94. The summed E-state index contributed by atoms with van der Waals surface area (Å²) >= 11 is 0. The third-order valence-corrected chi connectivity index (χ3v) is 2.24. The highest BCUT2D eigenvalue weighted by Crippen LogP contribution is 2.03. The van der Waals surface area contributed by atoms with Gasteiger partial charge in [-0.3, -0.25) is 0 Å². The molecular formula is C24H52. The Morgan fingerprint density at radius 1 is 0.583 bits per heavy atom. The first-order chi connectivity index (χ1) is 11.8. The van der Waals surface area contributed by atoms with E-state index in [1.807, 2.05) is 61.5 Å². The first-order valence-electron chi connectivity index (χ1n) is 10.3. The maximum atomic E-state index is 3.56. The molecule has 0 saturated carbocycles. The summed E-state index contributed by atoms with van der Waals surface area (Å²) in [6.45, 7) is 31.2. The summed E-state index contributed by atoms with van der Waals surface area (Å²) in [5.41, 5.74) is 1.00. The zero-order chi connectivity index (χ0) is 20.6. The number of hydrogen-bond acceptors (Lipinski definition) is 0. The SMILES string of the molecule is C=CC=C(C=C)C=C.CC.CC.CC.CC.CCCCCCCC. The highest BCUT2D eigenvalue weighted by atomic mass is 13.9. The van der Waals surface area contributed by atoms with Crippen molar-refractivity contribution in [3.63, 3.8) is 0 Å². The summed E-state index contributed by atoms with van der Waals surface area (Å²) in [7, 11) is 0. The van der Waals surface area contributed by atoms with Crippen LogP contribution in [0.25, 0.3) is 0 Å². The zero-order valence-electron chi connectivity index (χ0n) is 19.2. The molecule has 0 spiro atoms. The number of allylic oxidation sites excluding steroid dienone is 5. The maximum Gasteiger partial charge on any atom is -0.0269 e. The van der Waals surface area contributed by atoms with Crippen LogP contribution < -0.4 is 0 Å². The van der Waals surface area contributed by atoms with E-state index in [1.165, 1.54) is 38.5 Å². The fraction of sp³-hybridized carbons (Fsp3) is 0.667. The normalized spacial score (nSPS) is 6.58. The molecule has 0 amide bonds. The van der Waals surface area contributed by atoms with Gasteiger partial charge in [0.1, 0.15) is 0 Å². The van der Waals surface area contributed by atoms with Crippen molar-refractivity contribution in [1.82, 2.24) is 0 Å². The van der Waals surface area contributed by atoms with Crippen LogP contribution in [-0.4, -0.2) is 0 Å². The molecule has 0 heterocycles. The molecule has 0 aromatic heterocycles. The number of rotatable bonds is 8. The molecule has 0 unspecified atom stereocenters. The van der Waals surface area contributed by atoms with E-state index in [2.05, 4.69) is 33.6 Å². The van der Waals surface area contributed by atoms with Gasteiger partial charge in [-0.25, -0.2) is 0 Å². The Morgan fingerprint density at radius 2 is 0.875 bits per heavy atom. The van der Waals surface area contributed by atoms with Crippen molar-refractivity contribution >= 4 is 0 Å². The van der Waals surface area contributed by atoms with Gasteiger partial charge in [-0.05, 0) is 5.57 Å². The highest BCUT2D eigenvalue weighted by Gasteiger charge is 1.83. The minimum absolute atomic E-state index is 1.00. The summed E-state index contributed by atoms with van der Waals surface area (Å²) in [5, 5.41) is 0. The summed E-state index contributed by atoms with van der Waals surface area (Å²) < 4.78 is 0. The van der Waals surface area contributed by atoms with Crippen LogP contribution in [-0.2, 0) is 0 Å². The fourth-order valence-corrected chi connectivity index (χ4v) is 1.21. The topological polar surface area (TPSA) is 0 Å². The van der Waals surface area contributed by atoms with Gasteiger partial charge in [-0.1, -0.05) is 152 Å². The van der Waals surface area contributed by atoms with Crippen LogP contribution in [0.3, 0.4) is 0 Å². The second-order valence-electron chi connectivity index (χ2n) is 3.72. The summed E-state index contributed by atoms with van der Waals surface area (Å²) in [4.78, 5) is 0. The van der Waals surface area contributed by atoms with Crippen molar-refractivity contribution in [2.75, 3.05) is 0 Å². The van der Waals surface area contributed by atoms with Gasteiger partial charge in [-0.2, -0.15) is 0 Å². The Morgan fingerprint density at radius 3 is 1.00 bits per heavy atom. The zero-order valence-corrected chi connectivity index (χ0v) is 19.2. The molecule has 0 aliphatic heterocycles. The Labute approximate surface area is 157 Å². The number of unbranched alkanes of at least 4 members (excludes halogenated alkanes) is 5. The lowest BCUT2D eigenvalue weighted by molar-refractivity contribution is 0.624. The summed E-state index contributed by atoms with van der Waals surface area (Å²) in [5.74, 6) is 0. The number of hydrogen-bond donors (Lipinski definition) is 0. The van der Waals surface area contributed by atoms with Gasteiger partial charge in [0, 0.05) is 0 Å². The van der Waals surface area contributed by atoms with E-state index in [-0.39, 0.29) is 0 Å². The first kappa shape index (κ1) is 38.5. The lowest BCUT2D eigenvalue weighted by Gasteiger charge is -1.93. The van der Waals surface area contributed by atoms with Crippen LogP contribution in [0, 0.1) is 0 Å². The highest BCUT2D eigenvalue weighted by molar-refractivity contribution is 5.30. The van der Waals surface area contributed by atoms with E-state index in [9.17, 15) is 0 Å². The third kappa shape index (κ3) is 69.5. The van der Waals surface area contributed by atoms with Gasteiger partial charge in [0.2, 0.25) is 0 Å². The molecule has 148 valence electrons. The minimum Gasteiger partial charge on any atom is -0.0990 e. The molecule has 0 aliphatic carbocycles. The van der Waals surface area contributed by atoms with E-state index < -0.39 is 0 Å². The summed E-state index contributed by atoms with van der Waals surface area (Å²) in [6.07, 6.45) is 15.5. The molecule has 24 heavy (non-hydrogen) atoms. The van der Waals surface area contributed by atoms with Crippen molar-refractivity contribution in [3.05, 3.63) is 49.6 Å². The molecule has 0 aromatic rings. The standard InChI is InChI=1S/C8H10.C8H18.4C2H6/c1-4-7-8(5-2)6-3;1-3-5-7-8-6-4-2;4*1-2/h4-7H,1-3H2;3-8H2,1-2H3;4*1-2H3. The quantitative estimate of drug-likeness (QED) is 0.304. The first-order valence-corrected chi connectivity index (χ1v) is 10.3. The molecule has 0 rings (SSSR count). The van der Waals surface area contributed by atoms with E-state index in [1.54, 1.807) is 18.2 Å². The van der Waals surface area contributed by atoms with Crippen LogP contribution in [0.1, 0.15) is 108 Å². The lowest BCUT2D eigenvalue weighted by atomic mass is 10.1. The van der Waals surface area contributed by atoms with Crippen molar-refractivity contribution < 1.29 is 0 Å². The van der Waals surface area contributed by atoms with Gasteiger partial charge in [0.25, 0.3) is 0 Å². The van der Waals surface area contributed by atoms with Gasteiger partial charge in [0.15, 0.2) is 0 Å². The van der Waals surface area contributed by atoms with Crippen molar-refractivity contribution in [2.45, 2.75) is 108 Å². The van der Waals surface area contributed by atoms with Gasteiger partial charge < -0.3 is 0 Å². The molecule has 0 bridgehead atoms. The molecule has 0 atom stereocenters. The van der Waals surface area contributed by atoms with Crippen molar-refractivity contribution in [1.29, 1.82) is 0 Å². The van der Waals surface area contributed by atoms with Crippen LogP contribution in [0.15, 0.2) is 49.6 Å². The maximum absolute atomic E-state index is 3.56. The van der Waals surface area contributed by atoms with E-state index in [4.69, 9.17) is 0 Å². The second-order valence-corrected chi connectivity index (χ2v) is 3.72. The van der Waals surface area contributed by atoms with Crippen LogP contribution in [0.4, 0.5) is 0 Å². The van der Waals surface area contributed by atoms with Crippen LogP contribution in [0.2, 0.25) is 0 Å². The fourth-order valence-electron chi connectivity index (χ4n) is 1.21. The third-order valence-electron chi connectivity index (χ3n) is 2.24. The molecule has 0 aliphatic rings. The van der Waals surface area contributed by atoms with E-state index >= 15 is 0 Å². The second kappa shape index (κ2) is 67.4. The minimum atomic E-state index is 1.00. The Hall–Kier alpha value is -1.04. The van der Waals surface area contributed by atoms with Gasteiger partial charge in [0.05, 0.1) is 0 Å². The molecule has 0 fully saturated rings. The molecule has 0 radical (unpaired) electrons. The predicted molar refractivity (Wildman–Crippen MR) is 123 cm³/mol. The van der Waals surface area contributed by atoms with Crippen LogP contribution >= 0.6 is 0 Å². The summed E-state index contributed by atoms with van der Waals surface area (Å²) in [6, 6.07) is 0. The van der Waals surface area contributed by atoms with Crippen molar-refractivity contribution in [2.24, 2.45) is 0 Å². The lowest BCUT2D eigenvalue weighted by Crippen LogP contribution is -1.73. The van der Waals surface area contributed by atoms with E-state index in [0.29, 0.717) is 0 Å². The molecule has 0 aromatic carbocycles. The Kier molecular flexibility index (Phi) is 108. The monoisotopic (exact) mass is 340 g/mol. The van der Waals surface area contributed by atoms with E-state index in [0.717, 1.165) is 5.57 Å². The average molecular weight is 341 g/mol. The Bertz CT molecular complexity index is 180. The van der Waals surface area contributed by atoms with Crippen molar-refractivity contribution in [3.8, 4) is 0 Å². The smallest absolute Gasteiger partial charge is 0.0269 e. The molecule has 0 nitrogen and oxygen atoms in total. The Balaban J connectivity index is -0.0000000476. The molecule has 0 heteroatoms.